The number of sulfone groups is 1. The summed E-state index contributed by atoms with van der Waals surface area (Å²) in [5.41, 5.74) is 1.19. The Labute approximate surface area is 236 Å². The number of benzene rings is 2. The van der Waals surface area contributed by atoms with Crippen LogP contribution < -0.4 is 0 Å². The molecule has 1 saturated heterocycles. The third kappa shape index (κ3) is 7.68. The summed E-state index contributed by atoms with van der Waals surface area (Å²) in [6, 6.07) is 15.0. The van der Waals surface area contributed by atoms with Crippen LogP contribution in [0.1, 0.15) is 25.1 Å². The Bertz CT molecular complexity index is 1440. The third-order valence-corrected chi connectivity index (χ3v) is 10.2. The van der Waals surface area contributed by atoms with Gasteiger partial charge in [0.2, 0.25) is 25.0 Å². The zero-order valence-corrected chi connectivity index (χ0v) is 24.6. The van der Waals surface area contributed by atoms with E-state index in [4.69, 9.17) is 16.3 Å². The van der Waals surface area contributed by atoms with Gasteiger partial charge in [0.25, 0.3) is 0 Å². The Morgan fingerprint density at radius 1 is 1.00 bits per heavy atom. The molecule has 0 aliphatic carbocycles. The molecule has 9 nitrogen and oxygen atoms in total. The Morgan fingerprint density at radius 2 is 1.67 bits per heavy atom. The molecule has 0 radical (unpaired) electrons. The van der Waals surface area contributed by atoms with Crippen LogP contribution in [0.25, 0.3) is 0 Å². The van der Waals surface area contributed by atoms with Crippen molar-refractivity contribution in [1.29, 1.82) is 0 Å². The van der Waals surface area contributed by atoms with E-state index in [9.17, 15) is 16.8 Å². The molecule has 3 aromatic rings. The van der Waals surface area contributed by atoms with Gasteiger partial charge in [-0.1, -0.05) is 55.8 Å². The van der Waals surface area contributed by atoms with Gasteiger partial charge in [-0.15, -0.1) is 0 Å². The van der Waals surface area contributed by atoms with Crippen LogP contribution in [0.2, 0.25) is 5.02 Å². The largest absolute Gasteiger partial charge is 0.379 e. The van der Waals surface area contributed by atoms with E-state index in [1.165, 1.54) is 22.6 Å². The lowest BCUT2D eigenvalue weighted by Gasteiger charge is -2.30. The molecule has 0 bridgehead atoms. The number of hydrogen-bond acceptors (Lipinski definition) is 7. The van der Waals surface area contributed by atoms with Crippen molar-refractivity contribution in [3.8, 4) is 0 Å². The number of sulfonamides is 1. The molecule has 1 fully saturated rings. The Kier molecular flexibility index (Phi) is 9.84. The van der Waals surface area contributed by atoms with Gasteiger partial charge in [-0.3, -0.25) is 4.90 Å². The van der Waals surface area contributed by atoms with Crippen molar-refractivity contribution < 1.29 is 21.6 Å². The molecule has 212 valence electrons. The van der Waals surface area contributed by atoms with E-state index in [0.717, 1.165) is 13.1 Å². The first kappa shape index (κ1) is 29.7. The minimum absolute atomic E-state index is 0.0180. The fourth-order valence-corrected chi connectivity index (χ4v) is 7.51. The summed E-state index contributed by atoms with van der Waals surface area (Å²) >= 11 is 6.01. The second kappa shape index (κ2) is 12.9. The maximum Gasteiger partial charge on any atom is 0.243 e. The zero-order valence-electron chi connectivity index (χ0n) is 22.2. The summed E-state index contributed by atoms with van der Waals surface area (Å²) in [6.07, 6.45) is 1.49. The topological polar surface area (TPSA) is 102 Å². The summed E-state index contributed by atoms with van der Waals surface area (Å²) in [6.45, 7) is 7.74. The van der Waals surface area contributed by atoms with Crippen molar-refractivity contribution >= 4 is 31.5 Å². The van der Waals surface area contributed by atoms with E-state index < -0.39 is 19.9 Å². The van der Waals surface area contributed by atoms with Gasteiger partial charge < -0.3 is 9.30 Å². The normalized spacial score (nSPS) is 15.3. The summed E-state index contributed by atoms with van der Waals surface area (Å²) < 4.78 is 62.9. The van der Waals surface area contributed by atoms with Crippen LogP contribution >= 0.6 is 11.6 Å². The van der Waals surface area contributed by atoms with E-state index in [-0.39, 0.29) is 34.8 Å². The smallest absolute Gasteiger partial charge is 0.243 e. The van der Waals surface area contributed by atoms with E-state index >= 15 is 0 Å². The molecule has 0 N–H and O–H groups in total. The van der Waals surface area contributed by atoms with Gasteiger partial charge in [-0.05, 0) is 35.7 Å². The lowest BCUT2D eigenvalue weighted by Crippen LogP contribution is -2.43. The highest BCUT2D eigenvalue weighted by molar-refractivity contribution is 7.90. The summed E-state index contributed by atoms with van der Waals surface area (Å²) in [5, 5.41) is 0.393. The number of rotatable bonds is 12. The molecule has 0 unspecified atom stereocenters. The number of halogens is 1. The highest BCUT2D eigenvalue weighted by atomic mass is 35.5. The first-order chi connectivity index (χ1) is 18.6. The molecule has 0 atom stereocenters. The minimum Gasteiger partial charge on any atom is -0.379 e. The molecular weight excluding hydrogens is 560 g/mol. The first-order valence-electron chi connectivity index (χ1n) is 12.9. The molecule has 0 spiro atoms. The quantitative estimate of drug-likeness (QED) is 0.315. The summed E-state index contributed by atoms with van der Waals surface area (Å²) in [7, 11) is -7.69. The number of morpholine rings is 1. The number of ether oxygens (including phenoxy) is 1. The Hall–Kier alpha value is -2.28. The van der Waals surface area contributed by atoms with Crippen molar-refractivity contribution in [2.24, 2.45) is 5.92 Å². The van der Waals surface area contributed by atoms with E-state index in [0.29, 0.717) is 42.6 Å². The monoisotopic (exact) mass is 594 g/mol. The van der Waals surface area contributed by atoms with E-state index in [1.54, 1.807) is 41.0 Å². The van der Waals surface area contributed by atoms with Crippen LogP contribution in [0.3, 0.4) is 0 Å². The molecule has 12 heteroatoms. The first-order valence-corrected chi connectivity index (χ1v) is 16.4. The lowest BCUT2D eigenvalue weighted by atomic mass is 10.2. The van der Waals surface area contributed by atoms with Crippen molar-refractivity contribution in [1.82, 2.24) is 18.8 Å². The Balaban J connectivity index is 1.67. The van der Waals surface area contributed by atoms with E-state index in [2.05, 4.69) is 9.88 Å². The van der Waals surface area contributed by atoms with Gasteiger partial charge in [-0.25, -0.2) is 21.8 Å². The third-order valence-electron chi connectivity index (χ3n) is 6.49. The van der Waals surface area contributed by atoms with Gasteiger partial charge >= 0.3 is 0 Å². The maximum atomic E-state index is 13.8. The minimum atomic E-state index is -3.91. The van der Waals surface area contributed by atoms with Gasteiger partial charge in [0.1, 0.15) is 0 Å². The van der Waals surface area contributed by atoms with Crippen LogP contribution in [0.15, 0.2) is 70.8 Å². The molecule has 0 saturated carbocycles. The van der Waals surface area contributed by atoms with Crippen molar-refractivity contribution in [2.75, 3.05) is 39.4 Å². The fourth-order valence-electron chi connectivity index (χ4n) is 4.48. The number of imidazole rings is 1. The molecule has 0 amide bonds. The molecule has 39 heavy (non-hydrogen) atoms. The molecular formula is C27H35ClN4O5S2. The summed E-state index contributed by atoms with van der Waals surface area (Å²) in [4.78, 5) is 6.60. The molecule has 1 aliphatic heterocycles. The number of aromatic nitrogens is 2. The highest BCUT2D eigenvalue weighted by Crippen LogP contribution is 2.24. The van der Waals surface area contributed by atoms with Gasteiger partial charge in [0.05, 0.1) is 42.3 Å². The highest BCUT2D eigenvalue weighted by Gasteiger charge is 2.30. The van der Waals surface area contributed by atoms with Gasteiger partial charge in [-0.2, -0.15) is 4.31 Å². The SMILES string of the molecule is CC(C)Cn1c(CN(CCN2CCOCC2)S(=O)(=O)c2ccc(Cl)cc2)cnc1S(=O)(=O)Cc1ccccc1. The number of hydrogen-bond donors (Lipinski definition) is 0. The number of nitrogens with zero attached hydrogens (tertiary/aromatic N) is 4. The summed E-state index contributed by atoms with van der Waals surface area (Å²) in [5.74, 6) is -0.0788. The van der Waals surface area contributed by atoms with Crippen LogP contribution in [-0.4, -0.2) is 75.0 Å². The van der Waals surface area contributed by atoms with Crippen LogP contribution in [0.4, 0.5) is 0 Å². The fraction of sp³-hybridized carbons (Fsp3) is 0.444. The van der Waals surface area contributed by atoms with Gasteiger partial charge in [0.15, 0.2) is 0 Å². The van der Waals surface area contributed by atoms with Crippen molar-refractivity contribution in [2.45, 2.75) is 42.7 Å². The predicted molar refractivity (Wildman–Crippen MR) is 151 cm³/mol. The Morgan fingerprint density at radius 3 is 2.31 bits per heavy atom. The average molecular weight is 595 g/mol. The second-order valence-electron chi connectivity index (χ2n) is 10.0. The standard InChI is InChI=1S/C27H35ClN4O5S2/c1-22(2)19-32-25(18-29-27(32)38(33,34)21-23-6-4-3-5-7-23)20-31(13-12-30-14-16-37-17-15-30)39(35,36)26-10-8-24(28)9-11-26/h3-11,18,22H,12-17,19-21H2,1-2H3. The second-order valence-corrected chi connectivity index (χ2v) is 14.3. The van der Waals surface area contributed by atoms with Crippen LogP contribution in [0.5, 0.6) is 0 Å². The van der Waals surface area contributed by atoms with Gasteiger partial charge in [0, 0.05) is 37.7 Å². The van der Waals surface area contributed by atoms with Crippen molar-refractivity contribution in [3.63, 3.8) is 0 Å². The molecule has 1 aromatic heterocycles. The average Bonchev–Trinajstić information content (AvgIpc) is 3.30. The molecule has 4 rings (SSSR count). The molecule has 1 aliphatic rings. The molecule has 2 aromatic carbocycles. The predicted octanol–water partition coefficient (Wildman–Crippen LogP) is 3.69. The molecule has 2 heterocycles. The van der Waals surface area contributed by atoms with E-state index in [1.807, 2.05) is 19.9 Å². The zero-order chi connectivity index (χ0) is 28.0. The van der Waals surface area contributed by atoms with Crippen molar-refractivity contribution in [3.05, 3.63) is 77.1 Å². The van der Waals surface area contributed by atoms with Crippen LogP contribution in [0, 0.1) is 5.92 Å². The maximum absolute atomic E-state index is 13.8. The lowest BCUT2D eigenvalue weighted by molar-refractivity contribution is 0.0361. The van der Waals surface area contributed by atoms with Crippen LogP contribution in [-0.2, 0) is 43.4 Å².